The van der Waals surface area contributed by atoms with Crippen LogP contribution in [0.15, 0.2) is 48.5 Å². The maximum absolute atomic E-state index is 12.3. The van der Waals surface area contributed by atoms with Crippen LogP contribution in [0.25, 0.3) is 0 Å². The molecule has 0 aromatic heterocycles. The van der Waals surface area contributed by atoms with Gasteiger partial charge in [0.2, 0.25) is 0 Å². The maximum atomic E-state index is 12.3. The van der Waals surface area contributed by atoms with Crippen molar-refractivity contribution >= 4 is 11.6 Å². The third-order valence-corrected chi connectivity index (χ3v) is 3.82. The molecule has 2 aromatic rings. The molecule has 0 bridgehead atoms. The molecular formula is C19H25N2O+. The number of para-hydroxylation sites is 1. The van der Waals surface area contributed by atoms with Crippen LogP contribution in [0.3, 0.4) is 0 Å². The molecule has 0 aliphatic carbocycles. The van der Waals surface area contributed by atoms with E-state index >= 15 is 0 Å². The highest BCUT2D eigenvalue weighted by Crippen LogP contribution is 2.20. The number of anilines is 1. The summed E-state index contributed by atoms with van der Waals surface area (Å²) in [5, 5.41) is 3.09. The standard InChI is InChI=1S/C19H24N2O/c1-4-17-12-8-9-15(2)19(17)20-18(22)14-21(3)13-16-10-6-5-7-11-16/h5-12H,4,13-14H2,1-3H3,(H,20,22)/p+1. The summed E-state index contributed by atoms with van der Waals surface area (Å²) >= 11 is 0. The molecule has 0 aliphatic rings. The lowest BCUT2D eigenvalue weighted by Crippen LogP contribution is -3.08. The predicted molar refractivity (Wildman–Crippen MR) is 91.1 cm³/mol. The second-order valence-corrected chi connectivity index (χ2v) is 5.81. The van der Waals surface area contributed by atoms with E-state index in [0.29, 0.717) is 6.54 Å². The fourth-order valence-corrected chi connectivity index (χ4v) is 2.67. The van der Waals surface area contributed by atoms with Gasteiger partial charge in [0, 0.05) is 11.3 Å². The van der Waals surface area contributed by atoms with Crippen molar-refractivity contribution in [1.82, 2.24) is 0 Å². The lowest BCUT2D eigenvalue weighted by molar-refractivity contribution is -0.885. The van der Waals surface area contributed by atoms with Crippen molar-refractivity contribution in [2.24, 2.45) is 0 Å². The van der Waals surface area contributed by atoms with Crippen LogP contribution in [0.5, 0.6) is 0 Å². The van der Waals surface area contributed by atoms with Crippen molar-refractivity contribution in [3.63, 3.8) is 0 Å². The van der Waals surface area contributed by atoms with Crippen molar-refractivity contribution in [2.75, 3.05) is 18.9 Å². The van der Waals surface area contributed by atoms with Crippen LogP contribution in [0, 0.1) is 6.92 Å². The van der Waals surface area contributed by atoms with Crippen LogP contribution in [-0.2, 0) is 17.8 Å². The second kappa shape index (κ2) is 7.76. The van der Waals surface area contributed by atoms with Crippen molar-refractivity contribution in [3.8, 4) is 0 Å². The molecule has 0 spiro atoms. The number of nitrogens with one attached hydrogen (secondary N) is 2. The number of carbonyl (C=O) groups excluding carboxylic acids is 1. The van der Waals surface area contributed by atoms with E-state index in [1.54, 1.807) is 0 Å². The highest BCUT2D eigenvalue weighted by Gasteiger charge is 2.13. The van der Waals surface area contributed by atoms with Gasteiger partial charge < -0.3 is 10.2 Å². The summed E-state index contributed by atoms with van der Waals surface area (Å²) in [6.45, 7) is 5.46. The summed E-state index contributed by atoms with van der Waals surface area (Å²) in [6, 6.07) is 16.4. The summed E-state index contributed by atoms with van der Waals surface area (Å²) in [4.78, 5) is 13.5. The SMILES string of the molecule is CCc1cccc(C)c1NC(=O)C[NH+](C)Cc1ccccc1. The van der Waals surface area contributed by atoms with Gasteiger partial charge in [-0.1, -0.05) is 55.5 Å². The molecule has 0 saturated heterocycles. The Morgan fingerprint density at radius 3 is 2.50 bits per heavy atom. The Hall–Kier alpha value is -2.13. The minimum Gasteiger partial charge on any atom is -0.326 e. The van der Waals surface area contributed by atoms with Gasteiger partial charge in [-0.25, -0.2) is 0 Å². The number of rotatable bonds is 6. The third kappa shape index (κ3) is 4.43. The Labute approximate surface area is 133 Å². The van der Waals surface area contributed by atoms with Crippen LogP contribution < -0.4 is 10.2 Å². The lowest BCUT2D eigenvalue weighted by atomic mass is 10.1. The fraction of sp³-hybridized carbons (Fsp3) is 0.316. The number of quaternary nitrogens is 1. The van der Waals surface area contributed by atoms with Gasteiger partial charge >= 0.3 is 0 Å². The maximum Gasteiger partial charge on any atom is 0.279 e. The Balaban J connectivity index is 1.96. The van der Waals surface area contributed by atoms with E-state index in [1.165, 1.54) is 16.0 Å². The van der Waals surface area contributed by atoms with Crippen LogP contribution >= 0.6 is 0 Å². The number of aryl methyl sites for hydroxylation is 2. The van der Waals surface area contributed by atoms with Gasteiger partial charge in [0.15, 0.2) is 6.54 Å². The average molecular weight is 297 g/mol. The molecular weight excluding hydrogens is 272 g/mol. The van der Waals surface area contributed by atoms with Gasteiger partial charge in [-0.3, -0.25) is 4.79 Å². The number of hydrogen-bond donors (Lipinski definition) is 2. The Bertz CT molecular complexity index is 623. The molecule has 0 saturated carbocycles. The van der Waals surface area contributed by atoms with E-state index < -0.39 is 0 Å². The molecule has 1 atom stereocenters. The van der Waals surface area contributed by atoms with Crippen LogP contribution in [0.1, 0.15) is 23.6 Å². The zero-order valence-corrected chi connectivity index (χ0v) is 13.6. The molecule has 1 amide bonds. The molecule has 0 radical (unpaired) electrons. The smallest absolute Gasteiger partial charge is 0.279 e. The van der Waals surface area contributed by atoms with E-state index in [0.717, 1.165) is 24.2 Å². The lowest BCUT2D eigenvalue weighted by Gasteiger charge is -2.16. The average Bonchev–Trinajstić information content (AvgIpc) is 2.50. The van der Waals surface area contributed by atoms with Gasteiger partial charge in [0.05, 0.1) is 7.05 Å². The minimum atomic E-state index is 0.0671. The van der Waals surface area contributed by atoms with Gasteiger partial charge in [-0.15, -0.1) is 0 Å². The zero-order valence-electron chi connectivity index (χ0n) is 13.6. The van der Waals surface area contributed by atoms with Crippen molar-refractivity contribution in [2.45, 2.75) is 26.8 Å². The number of benzene rings is 2. The second-order valence-electron chi connectivity index (χ2n) is 5.81. The van der Waals surface area contributed by atoms with E-state index in [-0.39, 0.29) is 5.91 Å². The molecule has 116 valence electrons. The fourth-order valence-electron chi connectivity index (χ4n) is 2.67. The topological polar surface area (TPSA) is 33.5 Å². The summed E-state index contributed by atoms with van der Waals surface area (Å²) < 4.78 is 0. The third-order valence-electron chi connectivity index (χ3n) is 3.82. The molecule has 3 heteroatoms. The number of likely N-dealkylation sites (N-methyl/N-ethyl adjacent to an activating group) is 1. The van der Waals surface area contributed by atoms with E-state index in [4.69, 9.17) is 0 Å². The number of amides is 1. The summed E-state index contributed by atoms with van der Waals surface area (Å²) in [5.74, 6) is 0.0671. The zero-order chi connectivity index (χ0) is 15.9. The predicted octanol–water partition coefficient (Wildman–Crippen LogP) is 2.21. The van der Waals surface area contributed by atoms with Crippen molar-refractivity contribution in [3.05, 3.63) is 65.2 Å². The van der Waals surface area contributed by atoms with E-state index in [2.05, 4.69) is 30.4 Å². The molecule has 0 heterocycles. The normalized spacial score (nSPS) is 12.0. The van der Waals surface area contributed by atoms with Gasteiger partial charge in [-0.2, -0.15) is 0 Å². The number of hydrogen-bond acceptors (Lipinski definition) is 1. The van der Waals surface area contributed by atoms with Crippen LogP contribution in [0.2, 0.25) is 0 Å². The Kier molecular flexibility index (Phi) is 5.73. The molecule has 2 rings (SSSR count). The monoisotopic (exact) mass is 297 g/mol. The number of carbonyl (C=O) groups is 1. The Morgan fingerprint density at radius 1 is 1.09 bits per heavy atom. The van der Waals surface area contributed by atoms with E-state index in [1.807, 2.05) is 44.3 Å². The molecule has 2 aromatic carbocycles. The highest BCUT2D eigenvalue weighted by atomic mass is 16.2. The highest BCUT2D eigenvalue weighted by molar-refractivity contribution is 5.93. The first-order valence-electron chi connectivity index (χ1n) is 7.83. The molecule has 3 nitrogen and oxygen atoms in total. The van der Waals surface area contributed by atoms with E-state index in [9.17, 15) is 4.79 Å². The molecule has 2 N–H and O–H groups in total. The summed E-state index contributed by atoms with van der Waals surface area (Å²) in [5.41, 5.74) is 4.53. The molecule has 0 fully saturated rings. The van der Waals surface area contributed by atoms with Crippen LogP contribution in [0.4, 0.5) is 5.69 Å². The molecule has 22 heavy (non-hydrogen) atoms. The summed E-state index contributed by atoms with van der Waals surface area (Å²) in [7, 11) is 2.05. The molecule has 0 aliphatic heterocycles. The van der Waals surface area contributed by atoms with Gasteiger partial charge in [-0.05, 0) is 24.5 Å². The quantitative estimate of drug-likeness (QED) is 0.842. The largest absolute Gasteiger partial charge is 0.326 e. The van der Waals surface area contributed by atoms with Gasteiger partial charge in [0.25, 0.3) is 5.91 Å². The molecule has 1 unspecified atom stereocenters. The minimum absolute atomic E-state index is 0.0671. The Morgan fingerprint density at radius 2 is 1.82 bits per heavy atom. The summed E-state index contributed by atoms with van der Waals surface area (Å²) in [6.07, 6.45) is 0.921. The first kappa shape index (κ1) is 16.2. The van der Waals surface area contributed by atoms with Crippen LogP contribution in [-0.4, -0.2) is 19.5 Å². The van der Waals surface area contributed by atoms with Gasteiger partial charge in [0.1, 0.15) is 6.54 Å². The first-order valence-corrected chi connectivity index (χ1v) is 7.83. The van der Waals surface area contributed by atoms with Crippen molar-refractivity contribution in [1.29, 1.82) is 0 Å². The van der Waals surface area contributed by atoms with Crippen molar-refractivity contribution < 1.29 is 9.69 Å². The first-order chi connectivity index (χ1) is 10.6.